The van der Waals surface area contributed by atoms with Gasteiger partial charge in [-0.2, -0.15) is 0 Å². The largest absolute Gasteiger partial charge is 0.496 e. The summed E-state index contributed by atoms with van der Waals surface area (Å²) in [5, 5.41) is 0. The number of carbonyl (C=O) groups excluding carboxylic acids is 1. The third kappa shape index (κ3) is 7.66. The van der Waals surface area contributed by atoms with Gasteiger partial charge in [0.1, 0.15) is 28.6 Å². The Morgan fingerprint density at radius 2 is 1.62 bits per heavy atom. The predicted octanol–water partition coefficient (Wildman–Crippen LogP) is 6.85. The molecule has 0 saturated carbocycles. The summed E-state index contributed by atoms with van der Waals surface area (Å²) in [6.07, 6.45) is 7.56. The molecule has 3 rings (SSSR count). The number of ketones is 1. The molecule has 0 fully saturated rings. The summed E-state index contributed by atoms with van der Waals surface area (Å²) < 4.78 is 41.0. The maximum Gasteiger partial charge on any atom is 0.188 e. The molecule has 2 atom stereocenters. The highest BCUT2D eigenvalue weighted by Gasteiger charge is 2.36. The van der Waals surface area contributed by atoms with Crippen molar-refractivity contribution in [2.75, 3.05) is 34.9 Å². The fraction of sp³-hybridized carbons (Fsp3) is 0.433. The zero-order chi connectivity index (χ0) is 26.8. The van der Waals surface area contributed by atoms with Crippen LogP contribution in [-0.4, -0.2) is 40.7 Å². The van der Waals surface area contributed by atoms with Crippen LogP contribution in [0.15, 0.2) is 59.7 Å². The van der Waals surface area contributed by atoms with E-state index in [0.29, 0.717) is 29.2 Å². The van der Waals surface area contributed by atoms with Gasteiger partial charge in [0.2, 0.25) is 0 Å². The first-order valence-electron chi connectivity index (χ1n) is 12.4. The molecule has 37 heavy (non-hydrogen) atoms. The molecule has 0 bridgehead atoms. The molecule has 1 aliphatic rings. The quantitative estimate of drug-likeness (QED) is 0.166. The fourth-order valence-corrected chi connectivity index (χ4v) is 4.65. The van der Waals surface area contributed by atoms with Crippen LogP contribution in [0.5, 0.6) is 17.2 Å². The van der Waals surface area contributed by atoms with Crippen molar-refractivity contribution in [3.8, 4) is 17.2 Å². The van der Waals surface area contributed by atoms with E-state index in [-0.39, 0.29) is 37.0 Å². The SMILES string of the molecule is COCOc1cc(OC)cc(OCOC)c1C(=O)[C@@H]1CC=C(CCC=C(C)C)C[C@H]1c1ccc(F)cc1. The first-order valence-corrected chi connectivity index (χ1v) is 12.4. The van der Waals surface area contributed by atoms with Gasteiger partial charge in [0, 0.05) is 32.3 Å². The van der Waals surface area contributed by atoms with E-state index < -0.39 is 0 Å². The highest BCUT2D eigenvalue weighted by molar-refractivity contribution is 6.03. The molecule has 0 saturated heterocycles. The third-order valence-corrected chi connectivity index (χ3v) is 6.47. The molecule has 0 unspecified atom stereocenters. The average Bonchev–Trinajstić information content (AvgIpc) is 2.90. The Labute approximate surface area is 219 Å². The molecule has 0 aliphatic heterocycles. The minimum atomic E-state index is -0.388. The van der Waals surface area contributed by atoms with E-state index in [1.54, 1.807) is 24.3 Å². The normalized spacial score (nSPS) is 17.1. The lowest BCUT2D eigenvalue weighted by molar-refractivity contribution is 0.0436. The molecule has 0 heterocycles. The molecule has 0 radical (unpaired) electrons. The Balaban J connectivity index is 2.04. The van der Waals surface area contributed by atoms with Gasteiger partial charge >= 0.3 is 0 Å². The number of hydrogen-bond donors (Lipinski definition) is 0. The Morgan fingerprint density at radius 1 is 1.00 bits per heavy atom. The number of benzene rings is 2. The number of ether oxygens (including phenoxy) is 5. The third-order valence-electron chi connectivity index (χ3n) is 6.47. The molecule has 6 nitrogen and oxygen atoms in total. The molecule has 2 aromatic rings. The van der Waals surface area contributed by atoms with E-state index in [1.165, 1.54) is 44.6 Å². The Kier molecular flexibility index (Phi) is 10.7. The van der Waals surface area contributed by atoms with Crippen LogP contribution in [0, 0.1) is 11.7 Å². The lowest BCUT2D eigenvalue weighted by atomic mass is 9.72. The summed E-state index contributed by atoms with van der Waals surface area (Å²) in [7, 11) is 4.55. The van der Waals surface area contributed by atoms with Gasteiger partial charge in [-0.3, -0.25) is 4.79 Å². The Morgan fingerprint density at radius 3 is 2.16 bits per heavy atom. The van der Waals surface area contributed by atoms with Crippen LogP contribution in [-0.2, 0) is 9.47 Å². The molecule has 0 spiro atoms. The zero-order valence-electron chi connectivity index (χ0n) is 22.3. The van der Waals surface area contributed by atoms with Crippen LogP contribution in [0.2, 0.25) is 0 Å². The first-order chi connectivity index (χ1) is 17.9. The van der Waals surface area contributed by atoms with Gasteiger partial charge in [0.25, 0.3) is 0 Å². The van der Waals surface area contributed by atoms with E-state index in [2.05, 4.69) is 26.0 Å². The smallest absolute Gasteiger partial charge is 0.188 e. The van der Waals surface area contributed by atoms with Crippen molar-refractivity contribution in [2.24, 2.45) is 5.92 Å². The molecule has 1 aliphatic carbocycles. The molecule has 0 amide bonds. The van der Waals surface area contributed by atoms with E-state index in [0.717, 1.165) is 24.8 Å². The highest BCUT2D eigenvalue weighted by Crippen LogP contribution is 2.44. The molecule has 200 valence electrons. The molecule has 0 aromatic heterocycles. The molecular weight excluding hydrogens is 475 g/mol. The summed E-state index contributed by atoms with van der Waals surface area (Å²) in [6, 6.07) is 9.76. The number of halogens is 1. The second-order valence-electron chi connectivity index (χ2n) is 9.35. The Hall–Kier alpha value is -3.16. The summed E-state index contributed by atoms with van der Waals surface area (Å²) in [6.45, 7) is 4.09. The van der Waals surface area contributed by atoms with Crippen LogP contribution in [0.3, 0.4) is 0 Å². The van der Waals surface area contributed by atoms with Gasteiger partial charge in [0.05, 0.1) is 7.11 Å². The zero-order valence-corrected chi connectivity index (χ0v) is 22.3. The van der Waals surface area contributed by atoms with Crippen LogP contribution >= 0.6 is 0 Å². The van der Waals surface area contributed by atoms with Crippen molar-refractivity contribution in [1.29, 1.82) is 0 Å². The van der Waals surface area contributed by atoms with Crippen molar-refractivity contribution >= 4 is 5.78 Å². The number of carbonyl (C=O) groups is 1. The average molecular weight is 513 g/mol. The second-order valence-corrected chi connectivity index (χ2v) is 9.35. The lowest BCUT2D eigenvalue weighted by Crippen LogP contribution is -2.27. The van der Waals surface area contributed by atoms with Crippen molar-refractivity contribution in [2.45, 2.75) is 45.4 Å². The van der Waals surface area contributed by atoms with Gasteiger partial charge < -0.3 is 23.7 Å². The number of rotatable bonds is 13. The van der Waals surface area contributed by atoms with Gasteiger partial charge in [0.15, 0.2) is 19.4 Å². The summed E-state index contributed by atoms with van der Waals surface area (Å²) in [5.74, 6) is 0.181. The fourth-order valence-electron chi connectivity index (χ4n) is 4.65. The number of allylic oxidation sites excluding steroid dienone is 4. The standard InChI is InChI=1S/C30H37FO6/c1-20(2)7-6-8-21-9-14-25(26(15-21)22-10-12-23(31)13-11-22)30(32)29-27(36-18-33-3)16-24(35-5)17-28(29)37-19-34-4/h7,9-13,16-17,25-26H,6,8,14-15,18-19H2,1-5H3/t25-,26+/m1/s1. The van der Waals surface area contributed by atoms with Crippen molar-refractivity contribution in [3.05, 3.63) is 76.6 Å². The lowest BCUT2D eigenvalue weighted by Gasteiger charge is -2.32. The number of Topliss-reactive ketones (excluding diaryl/α,β-unsaturated/α-hetero) is 1. The monoisotopic (exact) mass is 512 g/mol. The molecular formula is C30H37FO6. The molecule has 2 aromatic carbocycles. The van der Waals surface area contributed by atoms with Crippen LogP contribution in [0.4, 0.5) is 4.39 Å². The minimum Gasteiger partial charge on any atom is -0.496 e. The summed E-state index contributed by atoms with van der Waals surface area (Å²) >= 11 is 0. The van der Waals surface area contributed by atoms with Crippen molar-refractivity contribution in [1.82, 2.24) is 0 Å². The van der Waals surface area contributed by atoms with Gasteiger partial charge in [-0.15, -0.1) is 0 Å². The van der Waals surface area contributed by atoms with Gasteiger partial charge in [-0.05, 0) is 63.1 Å². The highest BCUT2D eigenvalue weighted by atomic mass is 19.1. The number of methoxy groups -OCH3 is 3. The first kappa shape index (κ1) is 28.4. The van der Waals surface area contributed by atoms with Crippen molar-refractivity contribution in [3.63, 3.8) is 0 Å². The predicted molar refractivity (Wildman–Crippen MR) is 141 cm³/mol. The molecule has 0 N–H and O–H groups in total. The second kappa shape index (κ2) is 14.0. The van der Waals surface area contributed by atoms with E-state index in [9.17, 15) is 9.18 Å². The van der Waals surface area contributed by atoms with Crippen LogP contribution in [0.1, 0.15) is 61.4 Å². The maximum absolute atomic E-state index is 14.2. The number of hydrogen-bond acceptors (Lipinski definition) is 6. The van der Waals surface area contributed by atoms with Gasteiger partial charge in [-0.1, -0.05) is 35.4 Å². The maximum atomic E-state index is 14.2. The minimum absolute atomic E-state index is 0.0440. The van der Waals surface area contributed by atoms with E-state index >= 15 is 0 Å². The Bertz CT molecular complexity index is 1070. The van der Waals surface area contributed by atoms with E-state index in [4.69, 9.17) is 23.7 Å². The summed E-state index contributed by atoms with van der Waals surface area (Å²) in [5.41, 5.74) is 3.83. The topological polar surface area (TPSA) is 63.2 Å². The van der Waals surface area contributed by atoms with Gasteiger partial charge in [-0.25, -0.2) is 4.39 Å². The summed E-state index contributed by atoms with van der Waals surface area (Å²) in [4.78, 5) is 14.2. The van der Waals surface area contributed by atoms with E-state index in [1.807, 2.05) is 0 Å². The van der Waals surface area contributed by atoms with Crippen molar-refractivity contribution < 1.29 is 32.9 Å². The van der Waals surface area contributed by atoms with Crippen LogP contribution < -0.4 is 14.2 Å². The van der Waals surface area contributed by atoms with Crippen LogP contribution in [0.25, 0.3) is 0 Å². The molecule has 7 heteroatoms.